The molecule has 0 spiro atoms. The molecule has 6 heteroatoms. The highest BCUT2D eigenvalue weighted by atomic mass is 16.2. The highest BCUT2D eigenvalue weighted by Crippen LogP contribution is 2.02. The number of rotatable bonds is 1. The summed E-state index contributed by atoms with van der Waals surface area (Å²) in [6.07, 6.45) is 0. The predicted molar refractivity (Wildman–Crippen MR) is 43.6 cm³/mol. The van der Waals surface area contributed by atoms with Gasteiger partial charge in [-0.15, -0.1) is 5.10 Å². The van der Waals surface area contributed by atoms with E-state index < -0.39 is 17.6 Å². The summed E-state index contributed by atoms with van der Waals surface area (Å²) in [6, 6.07) is 0. The Morgan fingerprint density at radius 3 is 2.54 bits per heavy atom. The second kappa shape index (κ2) is 3.34. The van der Waals surface area contributed by atoms with Gasteiger partial charge >= 0.3 is 5.91 Å². The molecule has 0 atom stereocenters. The van der Waals surface area contributed by atoms with Crippen LogP contribution in [0, 0.1) is 0 Å². The smallest absolute Gasteiger partial charge is 0.306 e. The lowest BCUT2D eigenvalue weighted by atomic mass is 10.3. The van der Waals surface area contributed by atoms with Gasteiger partial charge in [-0.05, 0) is 6.92 Å². The summed E-state index contributed by atoms with van der Waals surface area (Å²) in [5.41, 5.74) is 0. The minimum Gasteiger partial charge on any atom is -0.306 e. The molecule has 0 aromatic carbocycles. The van der Waals surface area contributed by atoms with Crippen molar-refractivity contribution in [3.8, 4) is 0 Å². The van der Waals surface area contributed by atoms with Gasteiger partial charge in [-0.25, -0.2) is 5.01 Å². The quantitative estimate of drug-likeness (QED) is 0.522. The van der Waals surface area contributed by atoms with Crippen LogP contribution in [-0.4, -0.2) is 35.0 Å². The van der Waals surface area contributed by atoms with Crippen molar-refractivity contribution in [2.75, 3.05) is 6.54 Å². The summed E-state index contributed by atoms with van der Waals surface area (Å²) >= 11 is 0. The average molecular weight is 183 g/mol. The first-order chi connectivity index (χ1) is 6.06. The molecule has 0 fully saturated rings. The van der Waals surface area contributed by atoms with Gasteiger partial charge in [-0.1, -0.05) is 0 Å². The molecular weight excluding hydrogens is 174 g/mol. The first-order valence-corrected chi connectivity index (χ1v) is 3.78. The van der Waals surface area contributed by atoms with E-state index in [0.29, 0.717) is 6.54 Å². The molecule has 1 rings (SSSR count). The predicted octanol–water partition coefficient (Wildman–Crippen LogP) is -1.13. The zero-order chi connectivity index (χ0) is 10.0. The lowest BCUT2D eigenvalue weighted by Crippen LogP contribution is -2.35. The SMILES string of the molecule is CCN1N=C(NC(C)=O)C(=O)C1=O. The van der Waals surface area contributed by atoms with Crippen molar-refractivity contribution in [2.24, 2.45) is 5.10 Å². The number of carbonyl (C=O) groups excluding carboxylic acids is 3. The van der Waals surface area contributed by atoms with Gasteiger partial charge in [-0.2, -0.15) is 0 Å². The third-order valence-corrected chi connectivity index (χ3v) is 1.46. The van der Waals surface area contributed by atoms with Gasteiger partial charge in [0.2, 0.25) is 11.7 Å². The molecule has 0 aromatic heterocycles. The number of nitrogens with one attached hydrogen (secondary N) is 1. The molecule has 0 radical (unpaired) electrons. The number of nitrogens with zero attached hydrogens (tertiary/aromatic N) is 2. The van der Waals surface area contributed by atoms with Crippen LogP contribution in [0.2, 0.25) is 0 Å². The van der Waals surface area contributed by atoms with Crippen molar-refractivity contribution in [1.82, 2.24) is 10.3 Å². The highest BCUT2D eigenvalue weighted by molar-refractivity contribution is 6.66. The number of hydrogen-bond donors (Lipinski definition) is 1. The molecule has 70 valence electrons. The van der Waals surface area contributed by atoms with Gasteiger partial charge in [-0.3, -0.25) is 14.4 Å². The van der Waals surface area contributed by atoms with Crippen LogP contribution in [0.25, 0.3) is 0 Å². The molecule has 0 saturated carbocycles. The molecule has 1 heterocycles. The van der Waals surface area contributed by atoms with Crippen molar-refractivity contribution in [3.63, 3.8) is 0 Å². The molecular formula is C7H9N3O3. The third-order valence-electron chi connectivity index (χ3n) is 1.46. The van der Waals surface area contributed by atoms with Crippen molar-refractivity contribution >= 4 is 23.4 Å². The molecule has 0 aromatic rings. The largest absolute Gasteiger partial charge is 0.318 e. The molecule has 1 aliphatic heterocycles. The molecule has 0 aliphatic carbocycles. The summed E-state index contributed by atoms with van der Waals surface area (Å²) in [7, 11) is 0. The monoisotopic (exact) mass is 183 g/mol. The number of ketones is 1. The summed E-state index contributed by atoms with van der Waals surface area (Å²) in [5.74, 6) is -2.08. The zero-order valence-electron chi connectivity index (χ0n) is 7.33. The molecule has 13 heavy (non-hydrogen) atoms. The van der Waals surface area contributed by atoms with Gasteiger partial charge in [0, 0.05) is 13.5 Å². The molecule has 0 bridgehead atoms. The fourth-order valence-electron chi connectivity index (χ4n) is 0.893. The van der Waals surface area contributed by atoms with E-state index in [1.807, 2.05) is 0 Å². The standard InChI is InChI=1S/C7H9N3O3/c1-3-10-7(13)5(12)6(9-10)8-4(2)11/h3H2,1-2H3,(H,8,9,11). The van der Waals surface area contributed by atoms with Crippen LogP contribution in [0.1, 0.15) is 13.8 Å². The molecule has 1 aliphatic rings. The van der Waals surface area contributed by atoms with Crippen molar-refractivity contribution < 1.29 is 14.4 Å². The number of carbonyl (C=O) groups is 3. The van der Waals surface area contributed by atoms with E-state index in [9.17, 15) is 14.4 Å². The van der Waals surface area contributed by atoms with Crippen LogP contribution in [-0.2, 0) is 14.4 Å². The molecule has 0 unspecified atom stereocenters. The van der Waals surface area contributed by atoms with E-state index in [0.717, 1.165) is 5.01 Å². The second-order valence-electron chi connectivity index (χ2n) is 2.48. The van der Waals surface area contributed by atoms with Crippen molar-refractivity contribution in [3.05, 3.63) is 0 Å². The van der Waals surface area contributed by atoms with Crippen LogP contribution >= 0.6 is 0 Å². The summed E-state index contributed by atoms with van der Waals surface area (Å²) < 4.78 is 0. The number of hydrogen-bond acceptors (Lipinski definition) is 4. The zero-order valence-corrected chi connectivity index (χ0v) is 7.33. The van der Waals surface area contributed by atoms with Crippen molar-refractivity contribution in [1.29, 1.82) is 0 Å². The Kier molecular flexibility index (Phi) is 2.41. The van der Waals surface area contributed by atoms with E-state index in [1.54, 1.807) is 6.92 Å². The van der Waals surface area contributed by atoms with E-state index in [-0.39, 0.29) is 5.84 Å². The third kappa shape index (κ3) is 1.71. The minimum absolute atomic E-state index is 0.195. The Balaban J connectivity index is 2.81. The van der Waals surface area contributed by atoms with E-state index in [1.165, 1.54) is 6.92 Å². The Bertz CT molecular complexity index is 308. The molecule has 6 nitrogen and oxygen atoms in total. The first-order valence-electron chi connectivity index (χ1n) is 3.78. The number of amidine groups is 1. The fraction of sp³-hybridized carbons (Fsp3) is 0.429. The van der Waals surface area contributed by atoms with Gasteiger partial charge in [0.1, 0.15) is 0 Å². The maximum atomic E-state index is 11.1. The molecule has 1 N–H and O–H groups in total. The van der Waals surface area contributed by atoms with Crippen LogP contribution in [0.15, 0.2) is 5.10 Å². The minimum atomic E-state index is -0.767. The highest BCUT2D eigenvalue weighted by Gasteiger charge is 2.33. The first kappa shape index (κ1) is 9.37. The van der Waals surface area contributed by atoms with E-state index in [4.69, 9.17) is 0 Å². The Morgan fingerprint density at radius 1 is 1.54 bits per heavy atom. The summed E-state index contributed by atoms with van der Waals surface area (Å²) in [4.78, 5) is 32.7. The number of likely N-dealkylation sites (N-methyl/N-ethyl adjacent to an activating group) is 1. The van der Waals surface area contributed by atoms with Gasteiger partial charge < -0.3 is 5.32 Å². The van der Waals surface area contributed by atoms with E-state index >= 15 is 0 Å². The summed E-state index contributed by atoms with van der Waals surface area (Å²) in [6.45, 7) is 3.24. The van der Waals surface area contributed by atoms with E-state index in [2.05, 4.69) is 10.4 Å². The Labute approximate surface area is 74.6 Å². The average Bonchev–Trinajstić information content (AvgIpc) is 2.32. The lowest BCUT2D eigenvalue weighted by Gasteiger charge is -2.03. The molecule has 2 amide bonds. The Hall–Kier alpha value is -1.72. The Morgan fingerprint density at radius 2 is 2.15 bits per heavy atom. The topological polar surface area (TPSA) is 78.8 Å². The normalized spacial score (nSPS) is 16.2. The lowest BCUT2D eigenvalue weighted by molar-refractivity contribution is -0.139. The summed E-state index contributed by atoms with van der Waals surface area (Å²) in [5, 5.41) is 6.82. The number of amides is 2. The van der Waals surface area contributed by atoms with Gasteiger partial charge in [0.05, 0.1) is 0 Å². The molecule has 0 saturated heterocycles. The van der Waals surface area contributed by atoms with Crippen molar-refractivity contribution in [2.45, 2.75) is 13.8 Å². The maximum absolute atomic E-state index is 11.1. The van der Waals surface area contributed by atoms with Crippen LogP contribution in [0.4, 0.5) is 0 Å². The van der Waals surface area contributed by atoms with Crippen LogP contribution in [0.3, 0.4) is 0 Å². The fourth-order valence-corrected chi connectivity index (χ4v) is 0.893. The number of Topliss-reactive ketones (excluding diaryl/α,β-unsaturated/α-hetero) is 1. The maximum Gasteiger partial charge on any atom is 0.318 e. The van der Waals surface area contributed by atoms with Gasteiger partial charge in [0.25, 0.3) is 5.78 Å². The van der Waals surface area contributed by atoms with Crippen LogP contribution < -0.4 is 5.32 Å². The second-order valence-corrected chi connectivity index (χ2v) is 2.48. The van der Waals surface area contributed by atoms with Crippen LogP contribution in [0.5, 0.6) is 0 Å². The van der Waals surface area contributed by atoms with Gasteiger partial charge in [0.15, 0.2) is 0 Å². The number of hydrazone groups is 1.